The van der Waals surface area contributed by atoms with Crippen LogP contribution in [0.5, 0.6) is 11.5 Å². The lowest BCUT2D eigenvalue weighted by atomic mass is 10.2. The van der Waals surface area contributed by atoms with E-state index < -0.39 is 11.7 Å². The molecule has 2 amide bonds. The number of anilines is 1. The van der Waals surface area contributed by atoms with Crippen LogP contribution in [-0.2, 0) is 4.79 Å². The summed E-state index contributed by atoms with van der Waals surface area (Å²) >= 11 is 0. The van der Waals surface area contributed by atoms with Gasteiger partial charge in [-0.1, -0.05) is 0 Å². The van der Waals surface area contributed by atoms with E-state index in [0.717, 1.165) is 6.07 Å². The van der Waals surface area contributed by atoms with Gasteiger partial charge in [-0.05, 0) is 24.3 Å². The minimum Gasteiger partial charge on any atom is -0.452 e. The number of rotatable bonds is 4. The standard InChI is InChI=1S/C17H15FN4O3/c1-10(23)21(2)12-8-16(14-5-6-20-22(14)9-12)25-15-4-3-11(17(19)24)7-13(15)18/h3-9H,1-2H3,(H2,19,24). The van der Waals surface area contributed by atoms with Gasteiger partial charge in [-0.3, -0.25) is 9.59 Å². The Kier molecular flexibility index (Phi) is 4.10. The van der Waals surface area contributed by atoms with E-state index in [1.165, 1.54) is 28.5 Å². The van der Waals surface area contributed by atoms with Crippen LogP contribution in [0.2, 0.25) is 0 Å². The Morgan fingerprint density at radius 3 is 2.64 bits per heavy atom. The fourth-order valence-corrected chi connectivity index (χ4v) is 2.29. The van der Waals surface area contributed by atoms with Gasteiger partial charge in [-0.2, -0.15) is 5.10 Å². The molecule has 0 aliphatic carbocycles. The molecule has 3 rings (SSSR count). The number of pyridine rings is 1. The highest BCUT2D eigenvalue weighted by Crippen LogP contribution is 2.31. The van der Waals surface area contributed by atoms with Crippen molar-refractivity contribution in [1.29, 1.82) is 0 Å². The number of carbonyl (C=O) groups is 2. The van der Waals surface area contributed by atoms with E-state index in [4.69, 9.17) is 10.5 Å². The van der Waals surface area contributed by atoms with Crippen LogP contribution in [0, 0.1) is 5.82 Å². The minimum absolute atomic E-state index is 0.0458. The molecule has 1 aromatic carbocycles. The molecule has 2 aromatic heterocycles. The average molecular weight is 342 g/mol. The number of primary amides is 1. The summed E-state index contributed by atoms with van der Waals surface area (Å²) in [4.78, 5) is 24.1. The summed E-state index contributed by atoms with van der Waals surface area (Å²) in [5, 5.41) is 4.13. The second-order valence-corrected chi connectivity index (χ2v) is 5.41. The maximum absolute atomic E-state index is 14.2. The molecule has 7 nitrogen and oxygen atoms in total. The molecule has 0 aliphatic rings. The maximum atomic E-state index is 14.2. The van der Waals surface area contributed by atoms with Crippen molar-refractivity contribution in [3.8, 4) is 11.5 Å². The third kappa shape index (κ3) is 3.14. The van der Waals surface area contributed by atoms with E-state index in [2.05, 4.69) is 5.10 Å². The molecule has 2 heterocycles. The monoisotopic (exact) mass is 342 g/mol. The highest BCUT2D eigenvalue weighted by atomic mass is 19.1. The first-order valence-corrected chi connectivity index (χ1v) is 7.35. The smallest absolute Gasteiger partial charge is 0.248 e. The zero-order valence-corrected chi connectivity index (χ0v) is 13.6. The molecule has 0 unspecified atom stereocenters. The topological polar surface area (TPSA) is 89.9 Å². The number of ether oxygens (including phenoxy) is 1. The Hall–Kier alpha value is -3.42. The van der Waals surface area contributed by atoms with Crippen LogP contribution >= 0.6 is 0 Å². The molecule has 0 saturated heterocycles. The van der Waals surface area contributed by atoms with Crippen LogP contribution in [0.15, 0.2) is 42.7 Å². The van der Waals surface area contributed by atoms with Gasteiger partial charge in [0.15, 0.2) is 17.3 Å². The van der Waals surface area contributed by atoms with Crippen molar-refractivity contribution < 1.29 is 18.7 Å². The lowest BCUT2D eigenvalue weighted by Crippen LogP contribution is -2.23. The summed E-state index contributed by atoms with van der Waals surface area (Å²) in [6.07, 6.45) is 3.22. The van der Waals surface area contributed by atoms with E-state index in [-0.39, 0.29) is 17.2 Å². The Balaban J connectivity index is 2.05. The first kappa shape index (κ1) is 16.4. The van der Waals surface area contributed by atoms with Crippen molar-refractivity contribution in [3.05, 3.63) is 54.1 Å². The predicted molar refractivity (Wildman–Crippen MR) is 89.3 cm³/mol. The number of amides is 2. The molecule has 128 valence electrons. The van der Waals surface area contributed by atoms with Crippen LogP contribution in [0.1, 0.15) is 17.3 Å². The second-order valence-electron chi connectivity index (χ2n) is 5.41. The Morgan fingerprint density at radius 1 is 1.24 bits per heavy atom. The molecular formula is C17H15FN4O3. The molecular weight excluding hydrogens is 327 g/mol. The largest absolute Gasteiger partial charge is 0.452 e. The third-order valence-electron chi connectivity index (χ3n) is 3.75. The molecule has 0 atom stereocenters. The minimum atomic E-state index is -0.728. The maximum Gasteiger partial charge on any atom is 0.248 e. The van der Waals surface area contributed by atoms with Gasteiger partial charge in [-0.25, -0.2) is 8.91 Å². The van der Waals surface area contributed by atoms with Crippen LogP contribution in [0.25, 0.3) is 5.52 Å². The van der Waals surface area contributed by atoms with Crippen LogP contribution < -0.4 is 15.4 Å². The van der Waals surface area contributed by atoms with E-state index in [0.29, 0.717) is 17.0 Å². The van der Waals surface area contributed by atoms with E-state index in [9.17, 15) is 14.0 Å². The summed E-state index contributed by atoms with van der Waals surface area (Å²) in [7, 11) is 1.61. The average Bonchev–Trinajstić information content (AvgIpc) is 3.04. The summed E-state index contributed by atoms with van der Waals surface area (Å²) < 4.78 is 21.4. The van der Waals surface area contributed by atoms with Gasteiger partial charge in [-0.15, -0.1) is 0 Å². The van der Waals surface area contributed by atoms with Gasteiger partial charge in [0.2, 0.25) is 11.8 Å². The predicted octanol–water partition coefficient (Wildman–Crippen LogP) is 2.35. The van der Waals surface area contributed by atoms with Gasteiger partial charge in [0.1, 0.15) is 5.52 Å². The van der Waals surface area contributed by atoms with Crippen molar-refractivity contribution in [3.63, 3.8) is 0 Å². The van der Waals surface area contributed by atoms with Crippen molar-refractivity contribution in [2.75, 3.05) is 11.9 Å². The highest BCUT2D eigenvalue weighted by Gasteiger charge is 2.15. The highest BCUT2D eigenvalue weighted by molar-refractivity contribution is 5.93. The number of nitrogens with zero attached hydrogens (tertiary/aromatic N) is 3. The summed E-state index contributed by atoms with van der Waals surface area (Å²) in [5.74, 6) is -1.38. The van der Waals surface area contributed by atoms with Crippen molar-refractivity contribution in [2.45, 2.75) is 6.92 Å². The number of nitrogens with two attached hydrogens (primary N) is 1. The summed E-state index contributed by atoms with van der Waals surface area (Å²) in [6.45, 7) is 1.43. The molecule has 3 aromatic rings. The molecule has 8 heteroatoms. The molecule has 0 fully saturated rings. The lowest BCUT2D eigenvalue weighted by Gasteiger charge is -2.17. The van der Waals surface area contributed by atoms with E-state index in [1.54, 1.807) is 31.6 Å². The van der Waals surface area contributed by atoms with Gasteiger partial charge >= 0.3 is 0 Å². The van der Waals surface area contributed by atoms with Gasteiger partial charge in [0.05, 0.1) is 18.1 Å². The number of halogens is 1. The normalized spacial score (nSPS) is 10.7. The van der Waals surface area contributed by atoms with E-state index in [1.807, 2.05) is 0 Å². The van der Waals surface area contributed by atoms with Gasteiger partial charge in [0.25, 0.3) is 0 Å². The molecule has 0 spiro atoms. The molecule has 0 saturated carbocycles. The van der Waals surface area contributed by atoms with Crippen LogP contribution in [0.4, 0.5) is 10.1 Å². The Bertz CT molecular complexity index is 983. The zero-order chi connectivity index (χ0) is 18.1. The third-order valence-corrected chi connectivity index (χ3v) is 3.75. The molecule has 2 N–H and O–H groups in total. The quantitative estimate of drug-likeness (QED) is 0.788. The fraction of sp³-hybridized carbons (Fsp3) is 0.118. The summed E-state index contributed by atoms with van der Waals surface area (Å²) in [6, 6.07) is 7.02. The number of hydrogen-bond acceptors (Lipinski definition) is 4. The number of aromatic nitrogens is 2. The molecule has 25 heavy (non-hydrogen) atoms. The Morgan fingerprint density at radius 2 is 2.00 bits per heavy atom. The number of fused-ring (bicyclic) bond motifs is 1. The van der Waals surface area contributed by atoms with E-state index >= 15 is 0 Å². The fourth-order valence-electron chi connectivity index (χ4n) is 2.29. The van der Waals surface area contributed by atoms with Crippen LogP contribution in [-0.4, -0.2) is 28.5 Å². The van der Waals surface area contributed by atoms with Crippen LogP contribution in [0.3, 0.4) is 0 Å². The van der Waals surface area contributed by atoms with Crippen molar-refractivity contribution in [2.24, 2.45) is 5.73 Å². The SMILES string of the molecule is CC(=O)N(C)c1cc(Oc2ccc(C(N)=O)cc2F)c2ccnn2c1. The second kappa shape index (κ2) is 6.23. The number of hydrogen-bond donors (Lipinski definition) is 1. The van der Waals surface area contributed by atoms with Crippen molar-refractivity contribution in [1.82, 2.24) is 9.61 Å². The number of benzene rings is 1. The first-order valence-electron chi connectivity index (χ1n) is 7.35. The van der Waals surface area contributed by atoms with Gasteiger partial charge in [0, 0.05) is 25.6 Å². The molecule has 0 radical (unpaired) electrons. The molecule has 0 bridgehead atoms. The Labute approximate surface area is 142 Å². The number of carbonyl (C=O) groups excluding carboxylic acids is 2. The molecule has 0 aliphatic heterocycles. The van der Waals surface area contributed by atoms with Crippen molar-refractivity contribution >= 4 is 23.0 Å². The van der Waals surface area contributed by atoms with Gasteiger partial charge < -0.3 is 15.4 Å². The zero-order valence-electron chi connectivity index (χ0n) is 13.6. The summed E-state index contributed by atoms with van der Waals surface area (Å²) in [5.41, 5.74) is 6.31. The lowest BCUT2D eigenvalue weighted by molar-refractivity contribution is -0.116. The first-order chi connectivity index (χ1) is 11.9.